The van der Waals surface area contributed by atoms with Gasteiger partial charge in [0, 0.05) is 19.3 Å². The topological polar surface area (TPSA) is 87.5 Å². The zero-order chi connectivity index (χ0) is 13.0. The SMILES string of the molecule is CC(C)N(C)C(=O)Nc1cnn(CC(=O)O)c1. The highest BCUT2D eigenvalue weighted by molar-refractivity contribution is 5.89. The van der Waals surface area contributed by atoms with Crippen LogP contribution in [0.3, 0.4) is 0 Å². The Morgan fingerprint density at radius 1 is 1.59 bits per heavy atom. The highest BCUT2D eigenvalue weighted by Crippen LogP contribution is 2.07. The smallest absolute Gasteiger partial charge is 0.325 e. The van der Waals surface area contributed by atoms with E-state index in [-0.39, 0.29) is 18.6 Å². The predicted octanol–water partition coefficient (Wildman–Crippen LogP) is 0.840. The molecule has 0 atom stereocenters. The molecule has 94 valence electrons. The van der Waals surface area contributed by atoms with Crippen LogP contribution in [0, 0.1) is 0 Å². The number of aliphatic carboxylic acids is 1. The van der Waals surface area contributed by atoms with Crippen molar-refractivity contribution in [1.82, 2.24) is 14.7 Å². The third kappa shape index (κ3) is 3.78. The summed E-state index contributed by atoms with van der Waals surface area (Å²) < 4.78 is 1.24. The summed E-state index contributed by atoms with van der Waals surface area (Å²) in [7, 11) is 1.68. The van der Waals surface area contributed by atoms with Crippen molar-refractivity contribution >= 4 is 17.7 Å². The van der Waals surface area contributed by atoms with Crippen LogP contribution in [0.1, 0.15) is 13.8 Å². The van der Waals surface area contributed by atoms with Crippen LogP contribution in [0.25, 0.3) is 0 Å². The number of carbonyl (C=O) groups is 2. The van der Waals surface area contributed by atoms with Crippen molar-refractivity contribution in [2.24, 2.45) is 0 Å². The Bertz CT molecular complexity index is 413. The summed E-state index contributed by atoms with van der Waals surface area (Å²) in [6, 6.07) is -0.168. The third-order valence-corrected chi connectivity index (χ3v) is 2.28. The number of nitrogens with one attached hydrogen (secondary N) is 1. The Morgan fingerprint density at radius 3 is 2.76 bits per heavy atom. The fourth-order valence-electron chi connectivity index (χ4n) is 1.10. The van der Waals surface area contributed by atoms with Gasteiger partial charge in [0.2, 0.25) is 0 Å². The van der Waals surface area contributed by atoms with Crippen LogP contribution in [0.2, 0.25) is 0 Å². The number of amides is 2. The molecule has 1 rings (SSSR count). The summed E-state index contributed by atoms with van der Waals surface area (Å²) in [6.07, 6.45) is 2.88. The summed E-state index contributed by atoms with van der Waals surface area (Å²) in [4.78, 5) is 23.6. The van der Waals surface area contributed by atoms with Gasteiger partial charge in [0.1, 0.15) is 6.54 Å². The fourth-order valence-corrected chi connectivity index (χ4v) is 1.10. The lowest BCUT2D eigenvalue weighted by atomic mass is 10.4. The molecule has 1 aromatic heterocycles. The van der Waals surface area contributed by atoms with Gasteiger partial charge in [0.25, 0.3) is 0 Å². The van der Waals surface area contributed by atoms with Gasteiger partial charge in [0.05, 0.1) is 11.9 Å². The van der Waals surface area contributed by atoms with Gasteiger partial charge in [-0.25, -0.2) is 4.79 Å². The van der Waals surface area contributed by atoms with E-state index in [1.165, 1.54) is 22.0 Å². The normalized spacial score (nSPS) is 10.4. The van der Waals surface area contributed by atoms with Gasteiger partial charge >= 0.3 is 12.0 Å². The number of carboxylic acids is 1. The molecule has 2 N–H and O–H groups in total. The highest BCUT2D eigenvalue weighted by atomic mass is 16.4. The second kappa shape index (κ2) is 5.33. The molecule has 0 aromatic carbocycles. The molecule has 0 aliphatic rings. The molecule has 0 spiro atoms. The van der Waals surface area contributed by atoms with Crippen molar-refractivity contribution in [2.45, 2.75) is 26.4 Å². The first kappa shape index (κ1) is 13.0. The zero-order valence-corrected chi connectivity index (χ0v) is 10.0. The summed E-state index contributed by atoms with van der Waals surface area (Å²) in [6.45, 7) is 3.57. The van der Waals surface area contributed by atoms with Crippen LogP contribution in [-0.4, -0.2) is 44.9 Å². The number of urea groups is 1. The van der Waals surface area contributed by atoms with Crippen LogP contribution < -0.4 is 5.32 Å². The van der Waals surface area contributed by atoms with E-state index < -0.39 is 5.97 Å². The van der Waals surface area contributed by atoms with Crippen molar-refractivity contribution in [3.8, 4) is 0 Å². The number of carboxylic acid groups (broad SMARTS) is 1. The first-order valence-corrected chi connectivity index (χ1v) is 5.18. The van der Waals surface area contributed by atoms with Gasteiger partial charge in [-0.15, -0.1) is 0 Å². The molecule has 7 heteroatoms. The third-order valence-electron chi connectivity index (χ3n) is 2.28. The molecule has 0 saturated heterocycles. The molecule has 0 aliphatic heterocycles. The summed E-state index contributed by atoms with van der Waals surface area (Å²) in [5.41, 5.74) is 0.476. The van der Waals surface area contributed by atoms with Gasteiger partial charge in [0.15, 0.2) is 0 Å². The van der Waals surface area contributed by atoms with Gasteiger partial charge in [-0.2, -0.15) is 5.10 Å². The Labute approximate surface area is 99.0 Å². The largest absolute Gasteiger partial charge is 0.480 e. The van der Waals surface area contributed by atoms with E-state index in [2.05, 4.69) is 10.4 Å². The number of nitrogens with zero attached hydrogens (tertiary/aromatic N) is 3. The lowest BCUT2D eigenvalue weighted by molar-refractivity contribution is -0.137. The summed E-state index contributed by atoms with van der Waals surface area (Å²) in [5.74, 6) is -0.981. The number of anilines is 1. The van der Waals surface area contributed by atoms with E-state index in [4.69, 9.17) is 5.11 Å². The lowest BCUT2D eigenvalue weighted by Gasteiger charge is -2.21. The molecule has 0 bridgehead atoms. The van der Waals surface area contributed by atoms with Gasteiger partial charge in [-0.05, 0) is 13.8 Å². The molecule has 1 heterocycles. The van der Waals surface area contributed by atoms with Gasteiger partial charge in [-0.1, -0.05) is 0 Å². The second-order valence-corrected chi connectivity index (χ2v) is 3.96. The average molecular weight is 240 g/mol. The maximum atomic E-state index is 11.6. The van der Waals surface area contributed by atoms with Crippen LogP contribution in [-0.2, 0) is 11.3 Å². The molecule has 2 amide bonds. The van der Waals surface area contributed by atoms with E-state index in [1.807, 2.05) is 13.8 Å². The summed E-state index contributed by atoms with van der Waals surface area (Å²) in [5, 5.41) is 15.0. The van der Waals surface area contributed by atoms with Crippen LogP contribution in [0.5, 0.6) is 0 Å². The minimum absolute atomic E-state index is 0.0871. The monoisotopic (exact) mass is 240 g/mol. The van der Waals surface area contributed by atoms with Crippen LogP contribution >= 0.6 is 0 Å². The van der Waals surface area contributed by atoms with Crippen molar-refractivity contribution in [2.75, 3.05) is 12.4 Å². The lowest BCUT2D eigenvalue weighted by Crippen LogP contribution is -2.36. The molecular weight excluding hydrogens is 224 g/mol. The molecule has 0 fully saturated rings. The standard InChI is InChI=1S/C10H16N4O3/c1-7(2)13(3)10(17)12-8-4-11-14(5-8)6-9(15)16/h4-5,7H,6H2,1-3H3,(H,12,17)(H,15,16). The molecule has 0 aliphatic carbocycles. The Kier molecular flexibility index (Phi) is 4.08. The predicted molar refractivity (Wildman–Crippen MR) is 61.8 cm³/mol. The zero-order valence-electron chi connectivity index (χ0n) is 10.0. The molecular formula is C10H16N4O3. The Morgan fingerprint density at radius 2 is 2.24 bits per heavy atom. The Balaban J connectivity index is 2.60. The van der Waals surface area contributed by atoms with Crippen molar-refractivity contribution < 1.29 is 14.7 Å². The maximum absolute atomic E-state index is 11.6. The van der Waals surface area contributed by atoms with E-state index in [0.29, 0.717) is 5.69 Å². The Hall–Kier alpha value is -2.05. The van der Waals surface area contributed by atoms with E-state index in [9.17, 15) is 9.59 Å². The second-order valence-electron chi connectivity index (χ2n) is 3.96. The van der Waals surface area contributed by atoms with E-state index in [1.54, 1.807) is 7.05 Å². The number of hydrogen-bond donors (Lipinski definition) is 2. The minimum atomic E-state index is -0.981. The minimum Gasteiger partial charge on any atom is -0.480 e. The van der Waals surface area contributed by atoms with Gasteiger partial charge in [-0.3, -0.25) is 9.48 Å². The van der Waals surface area contributed by atoms with Crippen molar-refractivity contribution in [3.05, 3.63) is 12.4 Å². The maximum Gasteiger partial charge on any atom is 0.325 e. The first-order valence-electron chi connectivity index (χ1n) is 5.18. The van der Waals surface area contributed by atoms with Crippen LogP contribution in [0.4, 0.5) is 10.5 Å². The van der Waals surface area contributed by atoms with E-state index >= 15 is 0 Å². The summed E-state index contributed by atoms with van der Waals surface area (Å²) >= 11 is 0. The molecule has 17 heavy (non-hydrogen) atoms. The van der Waals surface area contributed by atoms with Crippen molar-refractivity contribution in [3.63, 3.8) is 0 Å². The van der Waals surface area contributed by atoms with Gasteiger partial charge < -0.3 is 15.3 Å². The molecule has 0 radical (unpaired) electrons. The average Bonchev–Trinajstić information content (AvgIpc) is 2.63. The first-order chi connectivity index (χ1) is 7.90. The fraction of sp³-hybridized carbons (Fsp3) is 0.500. The number of rotatable bonds is 4. The van der Waals surface area contributed by atoms with Crippen LogP contribution in [0.15, 0.2) is 12.4 Å². The number of aromatic nitrogens is 2. The highest BCUT2D eigenvalue weighted by Gasteiger charge is 2.12. The quantitative estimate of drug-likeness (QED) is 0.816. The number of carbonyl (C=O) groups excluding carboxylic acids is 1. The van der Waals surface area contributed by atoms with Crippen molar-refractivity contribution in [1.29, 1.82) is 0 Å². The molecule has 7 nitrogen and oxygen atoms in total. The molecule has 1 aromatic rings. The number of hydrogen-bond acceptors (Lipinski definition) is 3. The van der Waals surface area contributed by atoms with E-state index in [0.717, 1.165) is 0 Å². The molecule has 0 unspecified atom stereocenters. The molecule has 0 saturated carbocycles.